The van der Waals surface area contributed by atoms with Crippen LogP contribution in [0.15, 0.2) is 24.3 Å². The zero-order chi connectivity index (χ0) is 17.2. The Balaban J connectivity index is 1.71. The van der Waals surface area contributed by atoms with Crippen molar-refractivity contribution >= 4 is 5.91 Å². The van der Waals surface area contributed by atoms with Crippen molar-refractivity contribution in [1.29, 1.82) is 0 Å². The van der Waals surface area contributed by atoms with Crippen molar-refractivity contribution in [3.8, 4) is 0 Å². The number of carbonyl (C=O) groups is 1. The summed E-state index contributed by atoms with van der Waals surface area (Å²) in [6.45, 7) is 1.94. The molecule has 24 heavy (non-hydrogen) atoms. The first kappa shape index (κ1) is 17.4. The molecule has 1 aliphatic carbocycles. The molecule has 1 saturated heterocycles. The van der Waals surface area contributed by atoms with Gasteiger partial charge in [-0.3, -0.25) is 9.69 Å². The Labute approximate surface area is 144 Å². The fraction of sp³-hybridized carbons (Fsp3) is 0.632. The molecule has 0 spiro atoms. The number of benzene rings is 1. The largest absolute Gasteiger partial charge is 0.381 e. The number of methoxy groups -OCH3 is 2. The molecule has 1 aromatic rings. The Morgan fingerprint density at radius 1 is 1.29 bits per heavy atom. The maximum absolute atomic E-state index is 11.7. The van der Waals surface area contributed by atoms with E-state index in [0.717, 1.165) is 38.8 Å². The van der Waals surface area contributed by atoms with Gasteiger partial charge in [0.05, 0.1) is 11.7 Å². The fourth-order valence-electron chi connectivity index (χ4n) is 4.30. The lowest BCUT2D eigenvalue weighted by Gasteiger charge is -2.43. The number of nitrogens with zero attached hydrogens (tertiary/aromatic N) is 1. The summed E-state index contributed by atoms with van der Waals surface area (Å²) in [5, 5.41) is 2.66. The van der Waals surface area contributed by atoms with Gasteiger partial charge in [-0.2, -0.15) is 0 Å². The summed E-state index contributed by atoms with van der Waals surface area (Å²) in [6, 6.07) is 8.29. The zero-order valence-electron chi connectivity index (χ0n) is 14.9. The molecule has 1 aliphatic heterocycles. The van der Waals surface area contributed by atoms with Crippen molar-refractivity contribution in [2.24, 2.45) is 0 Å². The molecular weight excluding hydrogens is 304 g/mol. The van der Waals surface area contributed by atoms with E-state index in [1.54, 1.807) is 14.2 Å². The van der Waals surface area contributed by atoms with Gasteiger partial charge in [0.15, 0.2) is 0 Å². The number of hydrogen-bond acceptors (Lipinski definition) is 4. The minimum Gasteiger partial charge on any atom is -0.381 e. The second-order valence-corrected chi connectivity index (χ2v) is 6.91. The highest BCUT2D eigenvalue weighted by Gasteiger charge is 2.50. The van der Waals surface area contributed by atoms with E-state index in [1.807, 2.05) is 31.4 Å². The Morgan fingerprint density at radius 2 is 2.04 bits per heavy atom. The van der Waals surface area contributed by atoms with Gasteiger partial charge in [0.1, 0.15) is 0 Å². The number of rotatable bonds is 5. The third-order valence-electron chi connectivity index (χ3n) is 5.81. The number of amides is 1. The normalized spacial score (nSPS) is 30.1. The second kappa shape index (κ2) is 7.21. The Morgan fingerprint density at radius 3 is 2.67 bits per heavy atom. The minimum absolute atomic E-state index is 0.0168. The lowest BCUT2D eigenvalue weighted by atomic mass is 9.79. The highest BCUT2D eigenvalue weighted by Crippen LogP contribution is 2.43. The van der Waals surface area contributed by atoms with Crippen molar-refractivity contribution < 1.29 is 14.3 Å². The van der Waals surface area contributed by atoms with Gasteiger partial charge in [0.2, 0.25) is 0 Å². The molecule has 2 fully saturated rings. The lowest BCUT2D eigenvalue weighted by molar-refractivity contribution is -0.0947. The topological polar surface area (TPSA) is 50.8 Å². The average molecular weight is 332 g/mol. The molecule has 3 rings (SSSR count). The van der Waals surface area contributed by atoms with Gasteiger partial charge >= 0.3 is 0 Å². The van der Waals surface area contributed by atoms with E-state index < -0.39 is 0 Å². The highest BCUT2D eigenvalue weighted by atomic mass is 16.5. The van der Waals surface area contributed by atoms with Crippen LogP contribution < -0.4 is 5.32 Å². The van der Waals surface area contributed by atoms with Crippen LogP contribution in [0.1, 0.15) is 41.6 Å². The van der Waals surface area contributed by atoms with E-state index in [2.05, 4.69) is 10.2 Å². The van der Waals surface area contributed by atoms with Gasteiger partial charge in [-0.1, -0.05) is 12.1 Å². The predicted molar refractivity (Wildman–Crippen MR) is 93.0 cm³/mol. The molecule has 1 N–H and O–H groups in total. The molecule has 1 aromatic carbocycles. The first-order chi connectivity index (χ1) is 11.6. The van der Waals surface area contributed by atoms with E-state index in [0.29, 0.717) is 17.7 Å². The molecule has 0 unspecified atom stereocenters. The Kier molecular flexibility index (Phi) is 5.23. The number of carbonyl (C=O) groups excluding carboxylic acids is 1. The second-order valence-electron chi connectivity index (χ2n) is 6.91. The Hall–Kier alpha value is -1.43. The van der Waals surface area contributed by atoms with E-state index in [1.165, 1.54) is 5.56 Å². The average Bonchev–Trinajstić information content (AvgIpc) is 3.00. The molecule has 3 atom stereocenters. The van der Waals surface area contributed by atoms with Gasteiger partial charge in [-0.25, -0.2) is 0 Å². The molecule has 1 amide bonds. The van der Waals surface area contributed by atoms with E-state index in [-0.39, 0.29) is 11.5 Å². The maximum atomic E-state index is 11.7. The molecule has 1 heterocycles. The molecule has 5 heteroatoms. The summed E-state index contributed by atoms with van der Waals surface area (Å²) in [5.74, 6) is -0.0451. The van der Waals surface area contributed by atoms with Gasteiger partial charge in [0.25, 0.3) is 5.91 Å². The third kappa shape index (κ3) is 3.21. The van der Waals surface area contributed by atoms with Gasteiger partial charge in [-0.15, -0.1) is 0 Å². The number of fused-ring (bicyclic) bond motifs is 1. The summed E-state index contributed by atoms with van der Waals surface area (Å²) < 4.78 is 11.6. The molecule has 132 valence electrons. The third-order valence-corrected chi connectivity index (χ3v) is 5.81. The maximum Gasteiger partial charge on any atom is 0.251 e. The number of likely N-dealkylation sites (tertiary alicyclic amines) is 1. The summed E-state index contributed by atoms with van der Waals surface area (Å²) >= 11 is 0. The van der Waals surface area contributed by atoms with Crippen molar-refractivity contribution in [1.82, 2.24) is 10.2 Å². The molecule has 0 radical (unpaired) electrons. The number of hydrogen-bond donors (Lipinski definition) is 1. The summed E-state index contributed by atoms with van der Waals surface area (Å²) in [5.41, 5.74) is 1.91. The summed E-state index contributed by atoms with van der Waals surface area (Å²) in [6.07, 6.45) is 4.59. The van der Waals surface area contributed by atoms with E-state index >= 15 is 0 Å². The zero-order valence-corrected chi connectivity index (χ0v) is 14.9. The van der Waals surface area contributed by atoms with Crippen LogP contribution in [0.5, 0.6) is 0 Å². The first-order valence-electron chi connectivity index (χ1n) is 8.75. The van der Waals surface area contributed by atoms with Gasteiger partial charge < -0.3 is 14.8 Å². The van der Waals surface area contributed by atoms with Crippen LogP contribution in [0.4, 0.5) is 0 Å². The summed E-state index contributed by atoms with van der Waals surface area (Å²) in [4.78, 5) is 14.2. The molecule has 0 aromatic heterocycles. The standard InChI is InChI=1S/C19H28N2O3/c1-20-18(22)15-6-4-14(5-7-15)13-21-11-10-19(24-3)9-8-16(23-2)12-17(19)21/h4-7,16-17H,8-13H2,1-3H3,(H,20,22)/t16-,17-,19+/m0/s1. The monoisotopic (exact) mass is 332 g/mol. The SMILES string of the molecule is CNC(=O)c1ccc(CN2CC[C@]3(OC)CC[C@H](OC)C[C@H]23)cc1. The number of ether oxygens (including phenoxy) is 2. The molecule has 2 aliphatic rings. The minimum atomic E-state index is -0.0451. The van der Waals surface area contributed by atoms with E-state index in [9.17, 15) is 4.79 Å². The van der Waals surface area contributed by atoms with Crippen LogP contribution in [0.2, 0.25) is 0 Å². The van der Waals surface area contributed by atoms with E-state index in [4.69, 9.17) is 9.47 Å². The van der Waals surface area contributed by atoms with Gasteiger partial charge in [0, 0.05) is 46.0 Å². The summed E-state index contributed by atoms with van der Waals surface area (Å²) in [7, 11) is 5.31. The van der Waals surface area contributed by atoms with Crippen molar-refractivity contribution in [2.75, 3.05) is 27.8 Å². The van der Waals surface area contributed by atoms with Crippen LogP contribution in [0.25, 0.3) is 0 Å². The molecule has 5 nitrogen and oxygen atoms in total. The molecular formula is C19H28N2O3. The first-order valence-corrected chi connectivity index (χ1v) is 8.75. The van der Waals surface area contributed by atoms with Crippen LogP contribution in [-0.4, -0.2) is 56.4 Å². The van der Waals surface area contributed by atoms with Crippen LogP contribution in [0.3, 0.4) is 0 Å². The van der Waals surface area contributed by atoms with Crippen LogP contribution in [-0.2, 0) is 16.0 Å². The predicted octanol–water partition coefficient (Wildman–Crippen LogP) is 2.20. The fourth-order valence-corrected chi connectivity index (χ4v) is 4.30. The number of nitrogens with one attached hydrogen (secondary N) is 1. The molecule has 0 bridgehead atoms. The quantitative estimate of drug-likeness (QED) is 0.898. The highest BCUT2D eigenvalue weighted by molar-refractivity contribution is 5.93. The van der Waals surface area contributed by atoms with Crippen LogP contribution >= 0.6 is 0 Å². The van der Waals surface area contributed by atoms with Gasteiger partial charge in [-0.05, 0) is 43.4 Å². The smallest absolute Gasteiger partial charge is 0.251 e. The van der Waals surface area contributed by atoms with Crippen molar-refractivity contribution in [3.63, 3.8) is 0 Å². The van der Waals surface area contributed by atoms with Crippen LogP contribution in [0, 0.1) is 0 Å². The Bertz CT molecular complexity index is 574. The lowest BCUT2D eigenvalue weighted by Crippen LogP contribution is -2.51. The molecule has 1 saturated carbocycles. The van der Waals surface area contributed by atoms with Crippen molar-refractivity contribution in [3.05, 3.63) is 35.4 Å². The van der Waals surface area contributed by atoms with Crippen molar-refractivity contribution in [2.45, 2.75) is 50.0 Å².